The maximum atomic E-state index is 13.3. The van der Waals surface area contributed by atoms with E-state index in [4.69, 9.17) is 0 Å². The molecule has 1 rings (SSSR count). The summed E-state index contributed by atoms with van der Waals surface area (Å²) in [4.78, 5) is 3.87. The number of nitrogens with zero attached hydrogens (tertiary/aromatic N) is 1. The molecule has 2 nitrogen and oxygen atoms in total. The third-order valence-electron chi connectivity index (χ3n) is 3.86. The van der Waals surface area contributed by atoms with Gasteiger partial charge in [0.15, 0.2) is 0 Å². The SMILES string of the molecule is CCCCCCCC(CC)NC(c1ccccn1)C(F)(F)F. The normalized spacial score (nSPS) is 14.8. The van der Waals surface area contributed by atoms with Gasteiger partial charge < -0.3 is 0 Å². The molecule has 0 radical (unpaired) electrons. The Bertz CT molecular complexity index is 393. The Balaban J connectivity index is 2.59. The highest BCUT2D eigenvalue weighted by Gasteiger charge is 2.42. The molecule has 0 saturated carbocycles. The van der Waals surface area contributed by atoms with E-state index >= 15 is 0 Å². The molecule has 2 unspecified atom stereocenters. The van der Waals surface area contributed by atoms with E-state index in [2.05, 4.69) is 17.2 Å². The summed E-state index contributed by atoms with van der Waals surface area (Å²) in [5.41, 5.74) is 0.0411. The van der Waals surface area contributed by atoms with Crippen LogP contribution in [-0.2, 0) is 0 Å². The minimum atomic E-state index is -4.33. The first-order chi connectivity index (χ1) is 10.5. The summed E-state index contributed by atoms with van der Waals surface area (Å²) in [5.74, 6) is 0. The standard InChI is InChI=1S/C17H27F3N2/c1-3-5-6-7-8-11-14(4-2)22-16(17(18,19)20)15-12-9-10-13-21-15/h9-10,12-14,16,22H,3-8,11H2,1-2H3. The molecule has 0 spiro atoms. The fraction of sp³-hybridized carbons (Fsp3) is 0.706. The van der Waals surface area contributed by atoms with Crippen LogP contribution in [0.1, 0.15) is 70.5 Å². The van der Waals surface area contributed by atoms with E-state index in [9.17, 15) is 13.2 Å². The van der Waals surface area contributed by atoms with Crippen molar-refractivity contribution in [3.05, 3.63) is 30.1 Å². The lowest BCUT2D eigenvalue weighted by Gasteiger charge is -2.26. The molecule has 0 bridgehead atoms. The van der Waals surface area contributed by atoms with Crippen molar-refractivity contribution in [1.29, 1.82) is 0 Å². The molecule has 0 aliphatic carbocycles. The summed E-state index contributed by atoms with van der Waals surface area (Å²) in [5, 5.41) is 2.76. The van der Waals surface area contributed by atoms with E-state index in [1.165, 1.54) is 25.1 Å². The summed E-state index contributed by atoms with van der Waals surface area (Å²) < 4.78 is 39.9. The highest BCUT2D eigenvalue weighted by atomic mass is 19.4. The number of nitrogens with one attached hydrogen (secondary N) is 1. The third-order valence-corrected chi connectivity index (χ3v) is 3.86. The van der Waals surface area contributed by atoms with Gasteiger partial charge in [0.05, 0.1) is 5.69 Å². The maximum Gasteiger partial charge on any atom is 0.409 e. The van der Waals surface area contributed by atoms with Crippen molar-refractivity contribution >= 4 is 0 Å². The van der Waals surface area contributed by atoms with Crippen LogP contribution in [-0.4, -0.2) is 17.2 Å². The van der Waals surface area contributed by atoms with Crippen molar-refractivity contribution < 1.29 is 13.2 Å². The molecule has 0 aromatic carbocycles. The van der Waals surface area contributed by atoms with E-state index in [0.29, 0.717) is 6.42 Å². The lowest BCUT2D eigenvalue weighted by molar-refractivity contribution is -0.160. The molecule has 0 aliphatic rings. The number of alkyl halides is 3. The number of unbranched alkanes of at least 4 members (excludes halogenated alkanes) is 4. The first-order valence-corrected chi connectivity index (χ1v) is 8.22. The molecule has 0 amide bonds. The second kappa shape index (κ2) is 9.82. The fourth-order valence-electron chi connectivity index (χ4n) is 2.53. The number of hydrogen-bond donors (Lipinski definition) is 1. The number of halogens is 3. The van der Waals surface area contributed by atoms with Crippen molar-refractivity contribution in [2.45, 2.75) is 77.1 Å². The second-order valence-corrected chi connectivity index (χ2v) is 5.70. The van der Waals surface area contributed by atoms with Gasteiger partial charge in [-0.3, -0.25) is 10.3 Å². The Morgan fingerprint density at radius 2 is 1.82 bits per heavy atom. The highest BCUT2D eigenvalue weighted by Crippen LogP contribution is 2.32. The first kappa shape index (κ1) is 18.9. The van der Waals surface area contributed by atoms with Crippen molar-refractivity contribution in [2.75, 3.05) is 0 Å². The van der Waals surface area contributed by atoms with Crippen LogP contribution in [0.5, 0.6) is 0 Å². The lowest BCUT2D eigenvalue weighted by atomic mass is 10.0. The van der Waals surface area contributed by atoms with Crippen LogP contribution in [0.15, 0.2) is 24.4 Å². The Kier molecular flexibility index (Phi) is 8.46. The van der Waals surface area contributed by atoms with Gasteiger partial charge in [0.1, 0.15) is 6.04 Å². The van der Waals surface area contributed by atoms with Gasteiger partial charge in [0.25, 0.3) is 0 Å². The number of hydrogen-bond acceptors (Lipinski definition) is 2. The Hall–Kier alpha value is -1.10. The van der Waals surface area contributed by atoms with Crippen molar-refractivity contribution in [2.24, 2.45) is 0 Å². The van der Waals surface area contributed by atoms with Gasteiger partial charge >= 0.3 is 6.18 Å². The van der Waals surface area contributed by atoms with E-state index in [0.717, 1.165) is 25.7 Å². The van der Waals surface area contributed by atoms with Gasteiger partial charge in [-0.2, -0.15) is 13.2 Å². The van der Waals surface area contributed by atoms with Gasteiger partial charge in [-0.15, -0.1) is 0 Å². The van der Waals surface area contributed by atoms with E-state index in [-0.39, 0.29) is 11.7 Å². The zero-order valence-electron chi connectivity index (χ0n) is 13.5. The lowest BCUT2D eigenvalue weighted by Crippen LogP contribution is -2.41. The first-order valence-electron chi connectivity index (χ1n) is 8.22. The Morgan fingerprint density at radius 3 is 2.36 bits per heavy atom. The molecule has 1 N–H and O–H groups in total. The van der Waals surface area contributed by atoms with E-state index in [1.807, 2.05) is 6.92 Å². The molecule has 2 atom stereocenters. The summed E-state index contributed by atoms with van der Waals surface area (Å²) >= 11 is 0. The average molecular weight is 316 g/mol. The zero-order valence-corrected chi connectivity index (χ0v) is 13.5. The third kappa shape index (κ3) is 6.77. The number of rotatable bonds is 10. The van der Waals surface area contributed by atoms with Crippen molar-refractivity contribution in [3.63, 3.8) is 0 Å². The smallest absolute Gasteiger partial charge is 0.298 e. The van der Waals surface area contributed by atoms with Crippen LogP contribution in [0.25, 0.3) is 0 Å². The molecule has 126 valence electrons. The van der Waals surface area contributed by atoms with Gasteiger partial charge in [-0.25, -0.2) is 0 Å². The van der Waals surface area contributed by atoms with Gasteiger partial charge in [0.2, 0.25) is 0 Å². The van der Waals surface area contributed by atoms with Crippen molar-refractivity contribution in [1.82, 2.24) is 10.3 Å². The maximum absolute atomic E-state index is 13.3. The molecular weight excluding hydrogens is 289 g/mol. The monoisotopic (exact) mass is 316 g/mol. The molecule has 22 heavy (non-hydrogen) atoms. The van der Waals surface area contributed by atoms with Gasteiger partial charge in [-0.05, 0) is 25.0 Å². The molecule has 1 aromatic heterocycles. The molecular formula is C17H27F3N2. The summed E-state index contributed by atoms with van der Waals surface area (Å²) in [6, 6.07) is 2.83. The average Bonchev–Trinajstić information content (AvgIpc) is 2.49. The molecule has 0 aliphatic heterocycles. The summed E-state index contributed by atoms with van der Waals surface area (Å²) in [6.45, 7) is 4.08. The fourth-order valence-corrected chi connectivity index (χ4v) is 2.53. The van der Waals surface area contributed by atoms with Crippen LogP contribution in [0.3, 0.4) is 0 Å². The van der Waals surface area contributed by atoms with E-state index in [1.54, 1.807) is 12.1 Å². The molecule has 1 aromatic rings. The van der Waals surface area contributed by atoms with Crippen molar-refractivity contribution in [3.8, 4) is 0 Å². The van der Waals surface area contributed by atoms with Crippen LogP contribution in [0.4, 0.5) is 13.2 Å². The zero-order chi connectivity index (χ0) is 16.4. The minimum absolute atomic E-state index is 0.0411. The summed E-state index contributed by atoms with van der Waals surface area (Å²) in [6.07, 6.45) is 4.13. The molecule has 0 saturated heterocycles. The molecule has 1 heterocycles. The summed E-state index contributed by atoms with van der Waals surface area (Å²) in [7, 11) is 0. The Morgan fingerprint density at radius 1 is 1.09 bits per heavy atom. The second-order valence-electron chi connectivity index (χ2n) is 5.70. The van der Waals surface area contributed by atoms with Gasteiger partial charge in [0, 0.05) is 12.2 Å². The number of aromatic nitrogens is 1. The molecule has 0 fully saturated rings. The number of pyridine rings is 1. The largest absolute Gasteiger partial charge is 0.409 e. The predicted octanol–water partition coefficient (Wildman–Crippen LogP) is 5.41. The van der Waals surface area contributed by atoms with Crippen LogP contribution < -0.4 is 5.32 Å². The van der Waals surface area contributed by atoms with Gasteiger partial charge in [-0.1, -0.05) is 52.0 Å². The van der Waals surface area contributed by atoms with Crippen LogP contribution >= 0.6 is 0 Å². The predicted molar refractivity (Wildman–Crippen MR) is 83.6 cm³/mol. The quantitative estimate of drug-likeness (QED) is 0.583. The Labute approximate surface area is 131 Å². The molecule has 5 heteroatoms. The topological polar surface area (TPSA) is 24.9 Å². The van der Waals surface area contributed by atoms with Crippen LogP contribution in [0, 0.1) is 0 Å². The highest BCUT2D eigenvalue weighted by molar-refractivity contribution is 5.11. The minimum Gasteiger partial charge on any atom is -0.298 e. The van der Waals surface area contributed by atoms with E-state index < -0.39 is 12.2 Å². The van der Waals surface area contributed by atoms with Crippen LogP contribution in [0.2, 0.25) is 0 Å².